The molecule has 9 heteroatoms. The molecule has 1 amide bonds. The lowest BCUT2D eigenvalue weighted by atomic mass is 10.2. The van der Waals surface area contributed by atoms with Crippen LogP contribution in [-0.4, -0.2) is 69.2 Å². The third kappa shape index (κ3) is 20.4. The van der Waals surface area contributed by atoms with E-state index in [1.165, 1.54) is 29.7 Å². The van der Waals surface area contributed by atoms with Crippen molar-refractivity contribution in [2.45, 2.75) is 51.9 Å². The standard InChI is InChI=1S/C16H26N2O3S.C5H6S.C4H8O.C2H6O/c1-13(2)12-18(11-5-10-17-16(19)21-4)22-15-8-6-14(20-3)7-9-15;1-5-3-2-4-6-5;1-2-4-5-3-1;1-2-3/h6-9,13H,5,10-12H2,1-4H3,(H,17,19);2-4H,1H3;1-4H2;3H,2H2,1H3. The van der Waals surface area contributed by atoms with E-state index in [1.807, 2.05) is 12.1 Å². The number of aliphatic hydroxyl groups is 1. The zero-order chi connectivity index (χ0) is 27.0. The minimum absolute atomic E-state index is 0.250. The Morgan fingerprint density at radius 2 is 1.83 bits per heavy atom. The van der Waals surface area contributed by atoms with Crippen LogP contribution in [0.1, 0.15) is 44.9 Å². The Morgan fingerprint density at radius 3 is 2.22 bits per heavy atom. The van der Waals surface area contributed by atoms with Gasteiger partial charge in [0.25, 0.3) is 0 Å². The number of ether oxygens (including phenoxy) is 3. The molecule has 2 aromatic rings. The highest BCUT2D eigenvalue weighted by molar-refractivity contribution is 7.97. The molecule has 0 saturated carbocycles. The van der Waals surface area contributed by atoms with Crippen molar-refractivity contribution >= 4 is 29.4 Å². The first-order valence-electron chi connectivity index (χ1n) is 12.4. The van der Waals surface area contributed by atoms with Gasteiger partial charge in [-0.3, -0.25) is 0 Å². The number of methoxy groups -OCH3 is 2. The van der Waals surface area contributed by atoms with Gasteiger partial charge >= 0.3 is 6.09 Å². The smallest absolute Gasteiger partial charge is 0.406 e. The van der Waals surface area contributed by atoms with E-state index in [0.717, 1.165) is 38.5 Å². The van der Waals surface area contributed by atoms with Gasteiger partial charge in [0.2, 0.25) is 0 Å². The van der Waals surface area contributed by atoms with Crippen LogP contribution in [0.3, 0.4) is 0 Å². The molecule has 1 saturated heterocycles. The molecule has 1 aliphatic heterocycles. The molecule has 0 unspecified atom stereocenters. The summed E-state index contributed by atoms with van der Waals surface area (Å²) in [6, 6.07) is 12.2. The second kappa shape index (κ2) is 23.6. The summed E-state index contributed by atoms with van der Waals surface area (Å²) in [5.74, 6) is 1.45. The number of nitrogens with one attached hydrogen (secondary N) is 1. The summed E-state index contributed by atoms with van der Waals surface area (Å²) in [5, 5.41) is 12.4. The first-order valence-corrected chi connectivity index (χ1v) is 14.1. The largest absolute Gasteiger partial charge is 0.497 e. The normalized spacial score (nSPS) is 11.9. The Balaban J connectivity index is 0.000000698. The Hall–Kier alpha value is -1.78. The molecule has 2 N–H and O–H groups in total. The van der Waals surface area contributed by atoms with Crippen LogP contribution in [0.15, 0.2) is 46.7 Å². The van der Waals surface area contributed by atoms with Crippen LogP contribution in [0.5, 0.6) is 5.75 Å². The Morgan fingerprint density at radius 1 is 1.19 bits per heavy atom. The Labute approximate surface area is 226 Å². The van der Waals surface area contributed by atoms with Gasteiger partial charge in [-0.25, -0.2) is 9.10 Å². The summed E-state index contributed by atoms with van der Waals surface area (Å²) < 4.78 is 17.0. The first kappa shape index (κ1) is 34.2. The van der Waals surface area contributed by atoms with Crippen molar-refractivity contribution in [1.29, 1.82) is 0 Å². The third-order valence-corrected chi connectivity index (χ3v) is 6.27. The van der Waals surface area contributed by atoms with E-state index in [9.17, 15) is 4.79 Å². The van der Waals surface area contributed by atoms with Gasteiger partial charge in [-0.1, -0.05) is 19.9 Å². The number of rotatable bonds is 9. The second-order valence-electron chi connectivity index (χ2n) is 8.18. The molecule has 1 aromatic heterocycles. The maximum atomic E-state index is 11.0. The van der Waals surface area contributed by atoms with Gasteiger partial charge in [-0.05, 0) is 86.7 Å². The van der Waals surface area contributed by atoms with Gasteiger partial charge in [0, 0.05) is 49.2 Å². The molecule has 0 atom stereocenters. The van der Waals surface area contributed by atoms with E-state index in [2.05, 4.69) is 64.8 Å². The molecule has 0 spiro atoms. The van der Waals surface area contributed by atoms with Crippen molar-refractivity contribution in [3.8, 4) is 5.75 Å². The maximum Gasteiger partial charge on any atom is 0.406 e. The number of carbonyl (C=O) groups excluding carboxylic acids is 1. The van der Waals surface area contributed by atoms with Gasteiger partial charge in [-0.15, -0.1) is 11.3 Å². The van der Waals surface area contributed by atoms with Crippen LogP contribution in [0, 0.1) is 12.8 Å². The van der Waals surface area contributed by atoms with E-state index in [-0.39, 0.29) is 12.7 Å². The highest BCUT2D eigenvalue weighted by atomic mass is 32.2. The number of amides is 1. The number of benzene rings is 1. The lowest BCUT2D eigenvalue weighted by molar-refractivity contribution is 0.170. The number of nitrogens with zero attached hydrogens (tertiary/aromatic N) is 1. The zero-order valence-corrected chi connectivity index (χ0v) is 24.5. The fourth-order valence-electron chi connectivity index (χ4n) is 2.76. The fourth-order valence-corrected chi connectivity index (χ4v) is 4.43. The average molecular weight is 543 g/mol. The van der Waals surface area contributed by atoms with E-state index in [4.69, 9.17) is 14.6 Å². The maximum absolute atomic E-state index is 11.0. The fraction of sp³-hybridized carbons (Fsp3) is 0.593. The molecular weight excluding hydrogens is 496 g/mol. The molecule has 0 aliphatic carbocycles. The number of carbonyl (C=O) groups is 1. The van der Waals surface area contributed by atoms with Gasteiger partial charge < -0.3 is 24.6 Å². The molecule has 1 aromatic carbocycles. The van der Waals surface area contributed by atoms with Gasteiger partial charge in [0.1, 0.15) is 5.75 Å². The van der Waals surface area contributed by atoms with Gasteiger partial charge in [0.05, 0.1) is 14.2 Å². The highest BCUT2D eigenvalue weighted by Crippen LogP contribution is 2.25. The van der Waals surface area contributed by atoms with E-state index >= 15 is 0 Å². The SMILES string of the molecule is C1CCOC1.CCO.COC(=O)NCCCN(CC(C)C)Sc1ccc(OC)cc1.Cc1cccs1. The van der Waals surface area contributed by atoms with E-state index < -0.39 is 0 Å². The number of hydrogen-bond acceptors (Lipinski definition) is 8. The van der Waals surface area contributed by atoms with Gasteiger partial charge in [-0.2, -0.15) is 0 Å². The van der Waals surface area contributed by atoms with Crippen LogP contribution in [-0.2, 0) is 9.47 Å². The zero-order valence-electron chi connectivity index (χ0n) is 22.8. The van der Waals surface area contributed by atoms with Crippen molar-refractivity contribution in [2.75, 3.05) is 53.7 Å². The lowest BCUT2D eigenvalue weighted by Gasteiger charge is -2.23. The molecule has 2 heterocycles. The van der Waals surface area contributed by atoms with Crippen molar-refractivity contribution in [3.63, 3.8) is 0 Å². The summed E-state index contributed by atoms with van der Waals surface area (Å²) in [5.41, 5.74) is 0. The number of aryl methyl sites for hydroxylation is 1. The highest BCUT2D eigenvalue weighted by Gasteiger charge is 2.10. The predicted octanol–water partition coefficient (Wildman–Crippen LogP) is 6.26. The summed E-state index contributed by atoms with van der Waals surface area (Å²) in [4.78, 5) is 13.6. The summed E-state index contributed by atoms with van der Waals surface area (Å²) in [6.07, 6.45) is 3.06. The van der Waals surface area contributed by atoms with Crippen molar-refractivity contribution in [1.82, 2.24) is 9.62 Å². The number of alkyl carbamates (subject to hydrolysis) is 1. The van der Waals surface area contributed by atoms with Crippen molar-refractivity contribution in [3.05, 3.63) is 46.7 Å². The van der Waals surface area contributed by atoms with E-state index in [1.54, 1.807) is 37.3 Å². The number of aliphatic hydroxyl groups excluding tert-OH is 1. The minimum atomic E-state index is -0.377. The average Bonchev–Trinajstić information content (AvgIpc) is 3.60. The van der Waals surface area contributed by atoms with Crippen LogP contribution in [0.4, 0.5) is 4.79 Å². The van der Waals surface area contributed by atoms with Crippen molar-refractivity contribution < 1.29 is 24.1 Å². The van der Waals surface area contributed by atoms with Crippen LogP contribution in [0.25, 0.3) is 0 Å². The first-order chi connectivity index (χ1) is 17.4. The molecule has 7 nitrogen and oxygen atoms in total. The Bertz CT molecular complexity index is 732. The molecule has 1 fully saturated rings. The molecule has 36 heavy (non-hydrogen) atoms. The van der Waals surface area contributed by atoms with Crippen LogP contribution in [0.2, 0.25) is 0 Å². The number of thiophene rings is 1. The minimum Gasteiger partial charge on any atom is -0.497 e. The topological polar surface area (TPSA) is 80.3 Å². The summed E-state index contributed by atoms with van der Waals surface area (Å²) >= 11 is 3.51. The van der Waals surface area contributed by atoms with Gasteiger partial charge in [0.15, 0.2) is 0 Å². The second-order valence-corrected chi connectivity index (χ2v) is 10.5. The monoisotopic (exact) mass is 542 g/mol. The number of hydrogen-bond donors (Lipinski definition) is 2. The molecule has 3 rings (SSSR count). The third-order valence-electron chi connectivity index (χ3n) is 4.39. The Kier molecular flexibility index (Phi) is 22.4. The predicted molar refractivity (Wildman–Crippen MR) is 152 cm³/mol. The van der Waals surface area contributed by atoms with E-state index in [0.29, 0.717) is 12.5 Å². The molecule has 0 radical (unpaired) electrons. The molecule has 1 aliphatic rings. The van der Waals surface area contributed by atoms with Crippen molar-refractivity contribution in [2.24, 2.45) is 5.92 Å². The lowest BCUT2D eigenvalue weighted by Crippen LogP contribution is -2.28. The summed E-state index contributed by atoms with van der Waals surface area (Å²) in [7, 11) is 3.04. The molecule has 0 bridgehead atoms. The summed E-state index contributed by atoms with van der Waals surface area (Å²) in [6.45, 7) is 12.9. The molecule has 206 valence electrons. The van der Waals surface area contributed by atoms with Crippen LogP contribution >= 0.6 is 23.3 Å². The quantitative estimate of drug-likeness (QED) is 0.286. The van der Waals surface area contributed by atoms with Crippen LogP contribution < -0.4 is 10.1 Å². The molecular formula is C27H46N2O5S2.